The van der Waals surface area contributed by atoms with E-state index < -0.39 is 0 Å². The number of pyridine rings is 1. The summed E-state index contributed by atoms with van der Waals surface area (Å²) in [7, 11) is 0. The Morgan fingerprint density at radius 2 is 1.92 bits per heavy atom. The minimum atomic E-state index is 0.254. The minimum absolute atomic E-state index is 0.254. The van der Waals surface area contributed by atoms with Gasteiger partial charge in [0.1, 0.15) is 5.75 Å². The summed E-state index contributed by atoms with van der Waals surface area (Å²) in [5.74, 6) is 2.40. The molecule has 1 aliphatic rings. The first-order valence-corrected chi connectivity index (χ1v) is 8.26. The molecule has 124 valence electrons. The molecule has 0 atom stereocenters. The van der Waals surface area contributed by atoms with Crippen LogP contribution in [0.15, 0.2) is 55.0 Å². The smallest absolute Gasteiger partial charge is 0.231 e. The molecule has 0 fully saturated rings. The van der Waals surface area contributed by atoms with Gasteiger partial charge in [0.05, 0.1) is 30.2 Å². The second-order valence-electron chi connectivity index (χ2n) is 5.90. The number of imidazole rings is 1. The van der Waals surface area contributed by atoms with Gasteiger partial charge in [0.2, 0.25) is 6.79 Å². The molecule has 0 N–H and O–H groups in total. The maximum Gasteiger partial charge on any atom is 0.231 e. The number of benzene rings is 2. The van der Waals surface area contributed by atoms with E-state index in [1.807, 2.05) is 49.8 Å². The lowest BCUT2D eigenvalue weighted by Crippen LogP contribution is -1.96. The molecule has 0 radical (unpaired) electrons. The number of hydrogen-bond acceptors (Lipinski definition) is 4. The monoisotopic (exact) mass is 332 g/mol. The van der Waals surface area contributed by atoms with Crippen LogP contribution in [0.3, 0.4) is 0 Å². The Balaban J connectivity index is 1.88. The van der Waals surface area contributed by atoms with Crippen LogP contribution in [-0.4, -0.2) is 22.8 Å². The number of nitrogens with zero attached hydrogens (tertiary/aromatic N) is 2. The molecule has 5 rings (SSSR count). The van der Waals surface area contributed by atoms with E-state index in [2.05, 4.69) is 21.5 Å². The Morgan fingerprint density at radius 1 is 1.08 bits per heavy atom. The molecule has 5 heteroatoms. The molecule has 0 unspecified atom stereocenters. The van der Waals surface area contributed by atoms with Gasteiger partial charge in [-0.05, 0) is 30.7 Å². The Kier molecular flexibility index (Phi) is 3.06. The Labute approximate surface area is 144 Å². The number of ether oxygens (including phenoxy) is 3. The van der Waals surface area contributed by atoms with Gasteiger partial charge in [-0.3, -0.25) is 4.40 Å². The van der Waals surface area contributed by atoms with Crippen molar-refractivity contribution in [2.45, 2.75) is 6.92 Å². The van der Waals surface area contributed by atoms with E-state index in [0.717, 1.165) is 44.8 Å². The van der Waals surface area contributed by atoms with Gasteiger partial charge in [-0.2, -0.15) is 0 Å². The van der Waals surface area contributed by atoms with Crippen molar-refractivity contribution >= 4 is 16.4 Å². The molecule has 1 aliphatic heterocycles. The van der Waals surface area contributed by atoms with Crippen molar-refractivity contribution in [1.29, 1.82) is 0 Å². The predicted molar refractivity (Wildman–Crippen MR) is 95.4 cm³/mol. The van der Waals surface area contributed by atoms with Gasteiger partial charge in [-0.15, -0.1) is 0 Å². The number of aromatic nitrogens is 2. The zero-order valence-corrected chi connectivity index (χ0v) is 13.7. The molecule has 2 aromatic carbocycles. The van der Waals surface area contributed by atoms with E-state index in [1.165, 1.54) is 0 Å². The molecule has 0 bridgehead atoms. The maximum absolute atomic E-state index is 5.85. The lowest BCUT2D eigenvalue weighted by Gasteiger charge is -2.14. The highest BCUT2D eigenvalue weighted by Crippen LogP contribution is 2.42. The molecule has 4 aromatic rings. The van der Waals surface area contributed by atoms with Crippen LogP contribution in [0.1, 0.15) is 6.92 Å². The van der Waals surface area contributed by atoms with Gasteiger partial charge >= 0.3 is 0 Å². The highest BCUT2D eigenvalue weighted by molar-refractivity contribution is 6.00. The molecule has 25 heavy (non-hydrogen) atoms. The molecule has 0 amide bonds. The third-order valence-electron chi connectivity index (χ3n) is 4.48. The lowest BCUT2D eigenvalue weighted by molar-refractivity contribution is 0.174. The summed E-state index contributed by atoms with van der Waals surface area (Å²) in [5.41, 5.74) is 4.19. The second kappa shape index (κ2) is 5.41. The molecule has 3 heterocycles. The van der Waals surface area contributed by atoms with Crippen LogP contribution in [-0.2, 0) is 0 Å². The molecule has 0 saturated heterocycles. The Hall–Kier alpha value is -3.21. The average Bonchev–Trinajstić information content (AvgIpc) is 3.29. The van der Waals surface area contributed by atoms with Crippen LogP contribution in [0.5, 0.6) is 17.2 Å². The summed E-state index contributed by atoms with van der Waals surface area (Å²) >= 11 is 0. The number of fused-ring (bicyclic) bond motifs is 4. The van der Waals surface area contributed by atoms with Crippen LogP contribution in [0.2, 0.25) is 0 Å². The zero-order valence-electron chi connectivity index (χ0n) is 13.7. The Morgan fingerprint density at radius 3 is 2.80 bits per heavy atom. The Bertz CT molecular complexity index is 1100. The van der Waals surface area contributed by atoms with Gasteiger partial charge in [0, 0.05) is 17.0 Å². The van der Waals surface area contributed by atoms with E-state index in [0.29, 0.717) is 6.61 Å². The molecule has 0 aliphatic carbocycles. The molecule has 0 spiro atoms. The highest BCUT2D eigenvalue weighted by Gasteiger charge is 2.19. The van der Waals surface area contributed by atoms with Crippen LogP contribution in [0.4, 0.5) is 0 Å². The summed E-state index contributed by atoms with van der Waals surface area (Å²) in [6.07, 6.45) is 3.68. The molecular formula is C20H16N2O3. The van der Waals surface area contributed by atoms with Crippen LogP contribution < -0.4 is 14.2 Å². The number of hydrogen-bond donors (Lipinski definition) is 0. The van der Waals surface area contributed by atoms with Crippen LogP contribution in [0, 0.1) is 0 Å². The molecule has 2 aromatic heterocycles. The summed E-state index contributed by atoms with van der Waals surface area (Å²) in [5, 5.41) is 1.07. The standard InChI is InChI=1S/C20H16N2O3/c1-2-23-18-6-4-3-5-14(18)15-7-13-10-21-11-22(13)17-9-20-19(8-16(15)17)24-12-25-20/h3-11H,2,12H2,1H3. The van der Waals surface area contributed by atoms with Gasteiger partial charge in [0.15, 0.2) is 11.5 Å². The normalized spacial score (nSPS) is 12.8. The van der Waals surface area contributed by atoms with Crippen LogP contribution >= 0.6 is 0 Å². The van der Waals surface area contributed by atoms with Gasteiger partial charge < -0.3 is 14.2 Å². The minimum Gasteiger partial charge on any atom is -0.493 e. The number of para-hydroxylation sites is 1. The largest absolute Gasteiger partial charge is 0.493 e. The molecular weight excluding hydrogens is 316 g/mol. The summed E-state index contributed by atoms with van der Waals surface area (Å²) in [4.78, 5) is 4.30. The highest BCUT2D eigenvalue weighted by atomic mass is 16.7. The van der Waals surface area contributed by atoms with E-state index in [1.54, 1.807) is 0 Å². The maximum atomic E-state index is 5.85. The molecule has 5 nitrogen and oxygen atoms in total. The third-order valence-corrected chi connectivity index (χ3v) is 4.48. The van der Waals surface area contributed by atoms with Crippen molar-refractivity contribution in [2.75, 3.05) is 13.4 Å². The van der Waals surface area contributed by atoms with Gasteiger partial charge in [0.25, 0.3) is 0 Å². The quantitative estimate of drug-likeness (QED) is 0.562. The fraction of sp³-hybridized carbons (Fsp3) is 0.150. The fourth-order valence-electron chi connectivity index (χ4n) is 3.38. The fourth-order valence-corrected chi connectivity index (χ4v) is 3.38. The van der Waals surface area contributed by atoms with Crippen molar-refractivity contribution in [1.82, 2.24) is 9.38 Å². The SMILES string of the molecule is CCOc1ccccc1-c1cc2cncn2c2cc3c(cc12)OCO3. The van der Waals surface area contributed by atoms with E-state index in [9.17, 15) is 0 Å². The van der Waals surface area contributed by atoms with Crippen molar-refractivity contribution in [3.8, 4) is 28.4 Å². The van der Waals surface area contributed by atoms with Crippen molar-refractivity contribution in [3.05, 3.63) is 55.0 Å². The topological polar surface area (TPSA) is 45.0 Å². The van der Waals surface area contributed by atoms with Crippen LogP contribution in [0.25, 0.3) is 27.5 Å². The lowest BCUT2D eigenvalue weighted by atomic mass is 9.99. The summed E-state index contributed by atoms with van der Waals surface area (Å²) in [6.45, 7) is 2.87. The summed E-state index contributed by atoms with van der Waals surface area (Å²) in [6, 6.07) is 14.3. The summed E-state index contributed by atoms with van der Waals surface area (Å²) < 4.78 is 19.1. The number of rotatable bonds is 3. The predicted octanol–water partition coefficient (Wildman–Crippen LogP) is 4.28. The third kappa shape index (κ3) is 2.12. The van der Waals surface area contributed by atoms with Crippen molar-refractivity contribution in [2.24, 2.45) is 0 Å². The van der Waals surface area contributed by atoms with Gasteiger partial charge in [-0.1, -0.05) is 18.2 Å². The first-order valence-electron chi connectivity index (χ1n) is 8.26. The van der Waals surface area contributed by atoms with Crippen molar-refractivity contribution in [3.63, 3.8) is 0 Å². The average molecular weight is 332 g/mol. The first kappa shape index (κ1) is 14.2. The van der Waals surface area contributed by atoms with E-state index in [4.69, 9.17) is 14.2 Å². The molecule has 0 saturated carbocycles. The van der Waals surface area contributed by atoms with Gasteiger partial charge in [-0.25, -0.2) is 4.98 Å². The van der Waals surface area contributed by atoms with E-state index in [-0.39, 0.29) is 6.79 Å². The van der Waals surface area contributed by atoms with Crippen molar-refractivity contribution < 1.29 is 14.2 Å². The first-order chi connectivity index (χ1) is 12.3. The second-order valence-corrected chi connectivity index (χ2v) is 5.90. The van der Waals surface area contributed by atoms with E-state index >= 15 is 0 Å². The zero-order chi connectivity index (χ0) is 16.8.